The van der Waals surface area contributed by atoms with Crippen molar-refractivity contribution in [1.29, 1.82) is 0 Å². The molecule has 0 radical (unpaired) electrons. The molecule has 2 amide bonds. The molecule has 1 N–H and O–H groups in total. The third kappa shape index (κ3) is 3.52. The number of hydrogen-bond donors (Lipinski definition) is 1. The van der Waals surface area contributed by atoms with Gasteiger partial charge in [0.2, 0.25) is 5.91 Å². The number of imide groups is 1. The molecular weight excluding hydrogens is 507 g/mol. The van der Waals surface area contributed by atoms with E-state index < -0.39 is 35.7 Å². The Labute approximate surface area is 203 Å². The molecule has 0 aliphatic carbocycles. The van der Waals surface area contributed by atoms with Crippen LogP contribution < -0.4 is 14.7 Å². The van der Waals surface area contributed by atoms with Crippen molar-refractivity contribution in [1.82, 2.24) is 0 Å². The van der Waals surface area contributed by atoms with Gasteiger partial charge in [-0.05, 0) is 64.8 Å². The van der Waals surface area contributed by atoms with Gasteiger partial charge < -0.3 is 9.84 Å². The molecule has 0 unspecified atom stereocenters. The molecular formula is C25H20BrFN2O5. The van der Waals surface area contributed by atoms with E-state index in [2.05, 4.69) is 15.9 Å². The molecule has 0 aromatic heterocycles. The molecule has 3 aromatic rings. The highest BCUT2D eigenvalue weighted by molar-refractivity contribution is 9.10. The van der Waals surface area contributed by atoms with Crippen LogP contribution in [0.3, 0.4) is 0 Å². The van der Waals surface area contributed by atoms with Gasteiger partial charge in [-0.15, -0.1) is 0 Å². The van der Waals surface area contributed by atoms with Crippen LogP contribution in [0.25, 0.3) is 0 Å². The average Bonchev–Trinajstić information content (AvgIpc) is 3.34. The molecule has 2 fully saturated rings. The average molecular weight is 527 g/mol. The van der Waals surface area contributed by atoms with E-state index in [-0.39, 0.29) is 17.2 Å². The minimum Gasteiger partial charge on any atom is -0.503 e. The summed E-state index contributed by atoms with van der Waals surface area (Å²) in [4.78, 5) is 33.8. The number of aromatic hydroxyl groups is 1. The first-order valence-corrected chi connectivity index (χ1v) is 11.5. The van der Waals surface area contributed by atoms with Crippen LogP contribution in [0, 0.1) is 11.7 Å². The highest BCUT2D eigenvalue weighted by Gasteiger charge is 2.60. The van der Waals surface area contributed by atoms with E-state index >= 15 is 0 Å². The predicted octanol–water partition coefficient (Wildman–Crippen LogP) is 4.74. The minimum atomic E-state index is -1.14. The van der Waals surface area contributed by atoms with Crippen LogP contribution in [0.2, 0.25) is 0 Å². The van der Waals surface area contributed by atoms with E-state index in [1.54, 1.807) is 37.3 Å². The standard InChI is InChI=1S/C25H20BrFN2O5/c1-2-33-19-13-14(12-16(26)22(19)30)21-20-23(34-29(21)15-8-4-3-5-9-15)25(32)28(24(20)31)18-11-7-6-10-17(18)27/h3-13,20-21,23,30H,2H2,1H3/t20-,21+,23-/m1/s1. The van der Waals surface area contributed by atoms with Crippen molar-refractivity contribution in [3.63, 3.8) is 0 Å². The fraction of sp³-hybridized carbons (Fsp3) is 0.200. The summed E-state index contributed by atoms with van der Waals surface area (Å²) in [5, 5.41) is 11.9. The van der Waals surface area contributed by atoms with Crippen molar-refractivity contribution in [3.8, 4) is 11.5 Å². The lowest BCUT2D eigenvalue weighted by Crippen LogP contribution is -2.37. The molecule has 0 spiro atoms. The van der Waals surface area contributed by atoms with Crippen LogP contribution in [-0.2, 0) is 14.4 Å². The van der Waals surface area contributed by atoms with E-state index in [1.807, 2.05) is 18.2 Å². The number of carbonyl (C=O) groups is 2. The number of amides is 2. The summed E-state index contributed by atoms with van der Waals surface area (Å²) in [7, 11) is 0. The third-order valence-electron chi connectivity index (χ3n) is 5.91. The molecule has 5 rings (SSSR count). The van der Waals surface area contributed by atoms with Crippen LogP contribution in [0.15, 0.2) is 71.2 Å². The van der Waals surface area contributed by atoms with Gasteiger partial charge in [0.25, 0.3) is 5.91 Å². The number of nitrogens with zero attached hydrogens (tertiary/aromatic N) is 2. The molecule has 0 bridgehead atoms. The number of fused-ring (bicyclic) bond motifs is 1. The van der Waals surface area contributed by atoms with Gasteiger partial charge in [0.1, 0.15) is 11.7 Å². The first-order chi connectivity index (χ1) is 16.4. The number of para-hydroxylation sites is 2. The molecule has 7 nitrogen and oxygen atoms in total. The molecule has 174 valence electrons. The number of rotatable bonds is 5. The molecule has 34 heavy (non-hydrogen) atoms. The van der Waals surface area contributed by atoms with Gasteiger partial charge >= 0.3 is 0 Å². The number of hydrogen-bond acceptors (Lipinski definition) is 6. The molecule has 2 heterocycles. The summed E-state index contributed by atoms with van der Waals surface area (Å²) in [6, 6.07) is 17.3. The number of benzene rings is 3. The van der Waals surface area contributed by atoms with Crippen molar-refractivity contribution in [2.45, 2.75) is 19.1 Å². The zero-order valence-electron chi connectivity index (χ0n) is 18.0. The maximum absolute atomic E-state index is 14.5. The normalized spacial score (nSPS) is 21.8. The maximum atomic E-state index is 14.5. The maximum Gasteiger partial charge on any atom is 0.266 e. The van der Waals surface area contributed by atoms with E-state index in [0.29, 0.717) is 22.3 Å². The zero-order chi connectivity index (χ0) is 24.0. The van der Waals surface area contributed by atoms with Gasteiger partial charge in [-0.25, -0.2) is 14.4 Å². The molecule has 2 aliphatic rings. The van der Waals surface area contributed by atoms with Crippen LogP contribution >= 0.6 is 15.9 Å². The van der Waals surface area contributed by atoms with Gasteiger partial charge in [-0.1, -0.05) is 30.3 Å². The first kappa shape index (κ1) is 22.4. The number of hydroxylamine groups is 1. The smallest absolute Gasteiger partial charge is 0.266 e. The lowest BCUT2D eigenvalue weighted by Gasteiger charge is -2.29. The summed E-state index contributed by atoms with van der Waals surface area (Å²) in [6.07, 6.45) is -1.14. The number of phenols is 1. The Morgan fingerprint density at radius 2 is 1.76 bits per heavy atom. The molecule has 3 aromatic carbocycles. The van der Waals surface area contributed by atoms with Gasteiger partial charge in [-0.3, -0.25) is 14.4 Å². The first-order valence-electron chi connectivity index (χ1n) is 10.7. The lowest BCUT2D eigenvalue weighted by molar-refractivity contribution is -0.126. The topological polar surface area (TPSA) is 79.3 Å². The third-order valence-corrected chi connectivity index (χ3v) is 6.52. The number of carbonyl (C=O) groups excluding carboxylic acids is 2. The van der Waals surface area contributed by atoms with E-state index in [9.17, 15) is 19.1 Å². The number of ether oxygens (including phenoxy) is 1. The minimum absolute atomic E-state index is 0.0749. The molecule has 2 aliphatic heterocycles. The highest BCUT2D eigenvalue weighted by atomic mass is 79.9. The predicted molar refractivity (Wildman–Crippen MR) is 126 cm³/mol. The van der Waals surface area contributed by atoms with Crippen LogP contribution in [0.1, 0.15) is 18.5 Å². The van der Waals surface area contributed by atoms with Crippen molar-refractivity contribution in [2.75, 3.05) is 16.6 Å². The quantitative estimate of drug-likeness (QED) is 0.483. The number of anilines is 2. The Kier molecular flexibility index (Phi) is 5.75. The second kappa shape index (κ2) is 8.73. The van der Waals surface area contributed by atoms with E-state index in [1.165, 1.54) is 23.3 Å². The number of phenolic OH excluding ortho intramolecular Hbond substituents is 1. The Morgan fingerprint density at radius 1 is 1.06 bits per heavy atom. The van der Waals surface area contributed by atoms with Crippen molar-refractivity contribution in [3.05, 3.63) is 82.6 Å². The highest BCUT2D eigenvalue weighted by Crippen LogP contribution is 2.50. The number of halogens is 2. The SMILES string of the molecule is CCOc1cc([C@H]2[C@H]3C(=O)N(c4ccccc4F)C(=O)[C@@H]3ON2c2ccccc2)cc(Br)c1O. The summed E-state index contributed by atoms with van der Waals surface area (Å²) in [6.45, 7) is 2.11. The van der Waals surface area contributed by atoms with Crippen molar-refractivity contribution >= 4 is 39.1 Å². The van der Waals surface area contributed by atoms with Crippen molar-refractivity contribution < 1.29 is 28.7 Å². The molecule has 2 saturated heterocycles. The Morgan fingerprint density at radius 3 is 2.47 bits per heavy atom. The summed E-state index contributed by atoms with van der Waals surface area (Å²) < 4.78 is 20.5. The van der Waals surface area contributed by atoms with Crippen molar-refractivity contribution in [2.24, 2.45) is 5.92 Å². The van der Waals surface area contributed by atoms with E-state index in [0.717, 1.165) is 4.90 Å². The molecule has 3 atom stereocenters. The summed E-state index contributed by atoms with van der Waals surface area (Å²) in [5.74, 6) is -2.66. The lowest BCUT2D eigenvalue weighted by atomic mass is 9.90. The Bertz CT molecular complexity index is 1270. The second-order valence-electron chi connectivity index (χ2n) is 7.90. The van der Waals surface area contributed by atoms with Gasteiger partial charge in [-0.2, -0.15) is 0 Å². The second-order valence-corrected chi connectivity index (χ2v) is 8.76. The zero-order valence-corrected chi connectivity index (χ0v) is 19.6. The summed E-state index contributed by atoms with van der Waals surface area (Å²) in [5.41, 5.74) is 1.12. The van der Waals surface area contributed by atoms with E-state index in [4.69, 9.17) is 9.57 Å². The van der Waals surface area contributed by atoms with Crippen LogP contribution in [-0.4, -0.2) is 29.6 Å². The van der Waals surface area contributed by atoms with Crippen LogP contribution in [0.4, 0.5) is 15.8 Å². The molecule has 9 heteroatoms. The van der Waals surface area contributed by atoms with Gasteiger partial charge in [0.15, 0.2) is 17.6 Å². The monoisotopic (exact) mass is 526 g/mol. The fourth-order valence-electron chi connectivity index (χ4n) is 4.45. The summed E-state index contributed by atoms with van der Waals surface area (Å²) >= 11 is 3.35. The van der Waals surface area contributed by atoms with Crippen LogP contribution in [0.5, 0.6) is 11.5 Å². The largest absolute Gasteiger partial charge is 0.503 e. The van der Waals surface area contributed by atoms with Gasteiger partial charge in [0.05, 0.1) is 28.5 Å². The Hall–Kier alpha value is -3.43. The Balaban J connectivity index is 1.64. The van der Waals surface area contributed by atoms with Gasteiger partial charge in [0, 0.05) is 0 Å². The molecule has 0 saturated carbocycles. The fourth-order valence-corrected chi connectivity index (χ4v) is 4.91.